The highest BCUT2D eigenvalue weighted by Gasteiger charge is 2.24. The average Bonchev–Trinajstić information content (AvgIpc) is 3.40. The van der Waals surface area contributed by atoms with Gasteiger partial charge >= 0.3 is 0 Å². The van der Waals surface area contributed by atoms with Gasteiger partial charge in [0.25, 0.3) is 0 Å². The number of Topliss-reactive ketones (excluding diaryl/α,β-unsaturated/α-hetero) is 2. The van der Waals surface area contributed by atoms with Crippen molar-refractivity contribution >= 4 is 34.7 Å². The first-order chi connectivity index (χ1) is 14.8. The first kappa shape index (κ1) is 22.0. The van der Waals surface area contributed by atoms with Crippen LogP contribution < -0.4 is 0 Å². The number of thioether (sulfide) groups is 1. The number of aryl methyl sites for hydroxylation is 2. The van der Waals surface area contributed by atoms with Crippen LogP contribution in [0.25, 0.3) is 10.7 Å². The number of fused-ring (bicyclic) bond motifs is 1. The minimum absolute atomic E-state index is 0.0280. The number of thiophene rings is 1. The Bertz CT molecular complexity index is 1150. The Morgan fingerprint density at radius 1 is 1.32 bits per heavy atom. The maximum atomic E-state index is 12.8. The molecule has 3 aromatic rings. The Kier molecular flexibility index (Phi) is 6.21. The molecule has 0 amide bonds. The van der Waals surface area contributed by atoms with E-state index in [9.17, 15) is 9.59 Å². The van der Waals surface area contributed by atoms with Crippen LogP contribution in [-0.2, 0) is 19.9 Å². The summed E-state index contributed by atoms with van der Waals surface area (Å²) in [6.07, 6.45) is 4.82. The van der Waals surface area contributed by atoms with Crippen LogP contribution in [-0.4, -0.2) is 37.1 Å². The molecule has 0 radical (unpaired) electrons. The summed E-state index contributed by atoms with van der Waals surface area (Å²) in [4.78, 5) is 30.3. The normalized spacial score (nSPS) is 15.8. The average molecular weight is 457 g/mol. The minimum atomic E-state index is -0.0418. The van der Waals surface area contributed by atoms with Gasteiger partial charge in [0, 0.05) is 23.2 Å². The predicted molar refractivity (Wildman–Crippen MR) is 125 cm³/mol. The summed E-state index contributed by atoms with van der Waals surface area (Å²) < 4.78 is 1.97. The fraction of sp³-hybridized carbons (Fsp3) is 0.478. The highest BCUT2D eigenvalue weighted by molar-refractivity contribution is 7.99. The molecular formula is C23H28N4O2S2. The van der Waals surface area contributed by atoms with Crippen molar-refractivity contribution in [1.82, 2.24) is 19.7 Å². The third-order valence-corrected chi connectivity index (χ3v) is 8.47. The van der Waals surface area contributed by atoms with E-state index < -0.39 is 0 Å². The van der Waals surface area contributed by atoms with Gasteiger partial charge in [-0.25, -0.2) is 0 Å². The third kappa shape index (κ3) is 4.15. The Labute approximate surface area is 190 Å². The molecule has 0 fully saturated rings. The summed E-state index contributed by atoms with van der Waals surface area (Å²) in [6, 6.07) is 2.28. The van der Waals surface area contributed by atoms with Gasteiger partial charge in [-0.15, -0.1) is 21.5 Å². The van der Waals surface area contributed by atoms with Crippen LogP contribution in [0.1, 0.15) is 69.2 Å². The molecule has 3 heterocycles. The summed E-state index contributed by atoms with van der Waals surface area (Å²) in [7, 11) is 1.95. The minimum Gasteiger partial charge on any atom is -0.355 e. The highest BCUT2D eigenvalue weighted by atomic mass is 32.2. The number of carbonyl (C=O) groups is 2. The van der Waals surface area contributed by atoms with Crippen molar-refractivity contribution in [2.75, 3.05) is 5.75 Å². The molecule has 4 rings (SSSR count). The van der Waals surface area contributed by atoms with E-state index in [-0.39, 0.29) is 17.3 Å². The molecule has 1 aliphatic carbocycles. The summed E-state index contributed by atoms with van der Waals surface area (Å²) in [5, 5.41) is 9.47. The molecule has 1 atom stereocenters. The van der Waals surface area contributed by atoms with E-state index in [2.05, 4.69) is 28.2 Å². The third-order valence-electron chi connectivity index (χ3n) is 6.22. The van der Waals surface area contributed by atoms with Crippen LogP contribution in [0.5, 0.6) is 0 Å². The number of nitrogens with zero attached hydrogens (tertiary/aromatic N) is 3. The maximum absolute atomic E-state index is 12.8. The first-order valence-corrected chi connectivity index (χ1v) is 12.5. The van der Waals surface area contributed by atoms with E-state index in [1.165, 1.54) is 42.0 Å². The predicted octanol–water partition coefficient (Wildman–Crippen LogP) is 5.18. The molecule has 1 aliphatic rings. The lowest BCUT2D eigenvalue weighted by Crippen LogP contribution is -2.10. The van der Waals surface area contributed by atoms with Gasteiger partial charge in [0.1, 0.15) is 0 Å². The topological polar surface area (TPSA) is 80.6 Å². The zero-order chi connectivity index (χ0) is 22.3. The summed E-state index contributed by atoms with van der Waals surface area (Å²) in [6.45, 7) is 7.44. The van der Waals surface area contributed by atoms with Crippen molar-refractivity contribution in [3.63, 3.8) is 0 Å². The molecule has 31 heavy (non-hydrogen) atoms. The molecule has 0 saturated heterocycles. The number of H-pyrrole nitrogens is 1. The number of hydrogen-bond donors (Lipinski definition) is 1. The monoisotopic (exact) mass is 456 g/mol. The molecule has 0 saturated carbocycles. The Balaban J connectivity index is 1.49. The molecule has 0 bridgehead atoms. The van der Waals surface area contributed by atoms with Crippen molar-refractivity contribution in [3.8, 4) is 10.7 Å². The summed E-state index contributed by atoms with van der Waals surface area (Å²) in [5.74, 6) is 1.81. The number of carbonyl (C=O) groups excluding carboxylic acids is 2. The molecule has 8 heteroatoms. The van der Waals surface area contributed by atoms with Crippen molar-refractivity contribution in [3.05, 3.63) is 39.0 Å². The van der Waals surface area contributed by atoms with Crippen LogP contribution in [0.15, 0.2) is 11.2 Å². The zero-order valence-corrected chi connectivity index (χ0v) is 20.3. The van der Waals surface area contributed by atoms with E-state index >= 15 is 0 Å². The molecule has 0 aliphatic heterocycles. The fourth-order valence-corrected chi connectivity index (χ4v) is 6.48. The molecule has 1 unspecified atom stereocenters. The van der Waals surface area contributed by atoms with E-state index in [0.717, 1.165) is 40.7 Å². The number of nitrogens with one attached hydrogen (secondary N) is 1. The molecule has 0 aromatic carbocycles. The number of aromatic amines is 1. The smallest absolute Gasteiger partial charge is 0.191 e. The lowest BCUT2D eigenvalue weighted by atomic mass is 9.87. The number of rotatable bonds is 7. The Morgan fingerprint density at radius 3 is 2.77 bits per heavy atom. The molecule has 3 aromatic heterocycles. The molecule has 164 valence electrons. The standard InChI is InChI=1S/C23H28N4O2S2/c1-6-15-7-8-18-16(9-15)10-19(31-18)22-25-26-23(27(22)5)30-11-17(29)21-12(2)20(14(4)28)13(3)24-21/h10,15,24H,6-9,11H2,1-5H3. The molecule has 0 spiro atoms. The van der Waals surface area contributed by atoms with Gasteiger partial charge in [0.15, 0.2) is 22.5 Å². The SMILES string of the molecule is CCC1CCc2sc(-c3nnc(SCC(=O)c4[nH]c(C)c(C(C)=O)c4C)n3C)cc2C1. The molecular weight excluding hydrogens is 428 g/mol. The molecule has 6 nitrogen and oxygen atoms in total. The van der Waals surface area contributed by atoms with Gasteiger partial charge in [-0.05, 0) is 63.1 Å². The number of aromatic nitrogens is 4. The lowest BCUT2D eigenvalue weighted by molar-refractivity contribution is 0.101. The van der Waals surface area contributed by atoms with Gasteiger partial charge in [-0.1, -0.05) is 25.1 Å². The Hall–Kier alpha value is -2.19. The largest absolute Gasteiger partial charge is 0.355 e. The van der Waals surface area contributed by atoms with Gasteiger partial charge in [-0.3, -0.25) is 9.59 Å². The van der Waals surface area contributed by atoms with E-state index in [1.807, 2.05) is 36.8 Å². The highest BCUT2D eigenvalue weighted by Crippen LogP contribution is 2.38. The van der Waals surface area contributed by atoms with E-state index in [4.69, 9.17) is 0 Å². The van der Waals surface area contributed by atoms with Crippen LogP contribution >= 0.6 is 23.1 Å². The second-order valence-electron chi connectivity index (χ2n) is 8.33. The van der Waals surface area contributed by atoms with Crippen molar-refractivity contribution in [2.45, 2.75) is 58.5 Å². The van der Waals surface area contributed by atoms with Crippen LogP contribution in [0.3, 0.4) is 0 Å². The fourth-order valence-electron chi connectivity index (χ4n) is 4.47. The van der Waals surface area contributed by atoms with Crippen LogP contribution in [0, 0.1) is 19.8 Å². The van der Waals surface area contributed by atoms with Gasteiger partial charge < -0.3 is 9.55 Å². The number of hydrogen-bond acceptors (Lipinski definition) is 6. The molecule has 1 N–H and O–H groups in total. The summed E-state index contributed by atoms with van der Waals surface area (Å²) >= 11 is 3.20. The van der Waals surface area contributed by atoms with Crippen molar-refractivity contribution in [1.29, 1.82) is 0 Å². The second kappa shape index (κ2) is 8.74. The lowest BCUT2D eigenvalue weighted by Gasteiger charge is -2.19. The first-order valence-electron chi connectivity index (χ1n) is 10.7. The van der Waals surface area contributed by atoms with Crippen molar-refractivity contribution in [2.24, 2.45) is 13.0 Å². The number of ketones is 2. The van der Waals surface area contributed by atoms with Gasteiger partial charge in [0.2, 0.25) is 0 Å². The van der Waals surface area contributed by atoms with Crippen LogP contribution in [0.2, 0.25) is 0 Å². The van der Waals surface area contributed by atoms with Crippen molar-refractivity contribution < 1.29 is 9.59 Å². The van der Waals surface area contributed by atoms with Gasteiger partial charge in [-0.2, -0.15) is 0 Å². The maximum Gasteiger partial charge on any atom is 0.191 e. The summed E-state index contributed by atoms with van der Waals surface area (Å²) in [5.41, 5.74) is 4.05. The Morgan fingerprint density at radius 2 is 2.10 bits per heavy atom. The zero-order valence-electron chi connectivity index (χ0n) is 18.7. The van der Waals surface area contributed by atoms with E-state index in [0.29, 0.717) is 16.4 Å². The second-order valence-corrected chi connectivity index (χ2v) is 10.4. The van der Waals surface area contributed by atoms with E-state index in [1.54, 1.807) is 0 Å². The van der Waals surface area contributed by atoms with Gasteiger partial charge in [0.05, 0.1) is 16.3 Å². The van der Waals surface area contributed by atoms with Crippen LogP contribution in [0.4, 0.5) is 0 Å². The quantitative estimate of drug-likeness (QED) is 0.391.